The number of hydrogen-bond donors (Lipinski definition) is 1. The highest BCUT2D eigenvalue weighted by Gasteiger charge is 2.04. The molecule has 4 nitrogen and oxygen atoms in total. The maximum Gasteiger partial charge on any atom is 0.144 e. The van der Waals surface area contributed by atoms with Crippen molar-refractivity contribution in [3.63, 3.8) is 0 Å². The zero-order valence-corrected chi connectivity index (χ0v) is 11.5. The maximum atomic E-state index is 5.55. The van der Waals surface area contributed by atoms with Crippen molar-refractivity contribution in [3.8, 4) is 0 Å². The number of hydrogen-bond acceptors (Lipinski definition) is 4. The predicted octanol–water partition coefficient (Wildman–Crippen LogP) is 1.92. The number of nitrogens with two attached hydrogens (primary N) is 1. The lowest BCUT2D eigenvalue weighted by molar-refractivity contribution is 0.831. The average Bonchev–Trinajstić information content (AvgIpc) is 2.46. The van der Waals surface area contributed by atoms with Gasteiger partial charge in [0.2, 0.25) is 0 Å². The van der Waals surface area contributed by atoms with Gasteiger partial charge >= 0.3 is 0 Å². The second kappa shape index (κ2) is 6.29. The Bertz CT molecular complexity index is 522. The number of rotatable bonds is 5. The van der Waals surface area contributed by atoms with Crippen molar-refractivity contribution < 1.29 is 0 Å². The molecule has 0 unspecified atom stereocenters. The Balaban J connectivity index is 1.96. The number of nitrogens with zero attached hydrogens (tertiary/aromatic N) is 3. The average molecular weight is 256 g/mol. The normalized spacial score (nSPS) is 10.5. The van der Waals surface area contributed by atoms with Crippen molar-refractivity contribution in [2.45, 2.75) is 19.9 Å². The molecule has 0 aliphatic carbocycles. The van der Waals surface area contributed by atoms with Crippen LogP contribution in [0.5, 0.6) is 0 Å². The fourth-order valence-electron chi connectivity index (χ4n) is 1.87. The van der Waals surface area contributed by atoms with E-state index in [-0.39, 0.29) is 0 Å². The summed E-state index contributed by atoms with van der Waals surface area (Å²) in [5, 5.41) is 0. The Morgan fingerprint density at radius 2 is 1.89 bits per heavy atom. The molecule has 4 heteroatoms. The van der Waals surface area contributed by atoms with Crippen LogP contribution >= 0.6 is 0 Å². The van der Waals surface area contributed by atoms with Crippen LogP contribution in [0.4, 0.5) is 5.82 Å². The lowest BCUT2D eigenvalue weighted by Gasteiger charge is -2.18. The van der Waals surface area contributed by atoms with Gasteiger partial charge in [-0.1, -0.05) is 29.8 Å². The molecule has 0 amide bonds. The summed E-state index contributed by atoms with van der Waals surface area (Å²) >= 11 is 0. The van der Waals surface area contributed by atoms with Crippen LogP contribution in [0.15, 0.2) is 36.5 Å². The van der Waals surface area contributed by atoms with Gasteiger partial charge in [-0.25, -0.2) is 9.97 Å². The number of benzene rings is 1. The summed E-state index contributed by atoms with van der Waals surface area (Å²) in [6, 6.07) is 10.6. The zero-order chi connectivity index (χ0) is 13.7. The van der Waals surface area contributed by atoms with Crippen LogP contribution in [-0.2, 0) is 13.0 Å². The molecule has 2 rings (SSSR count). The summed E-state index contributed by atoms with van der Waals surface area (Å²) in [5.74, 6) is 1.60. The van der Waals surface area contributed by atoms with Crippen LogP contribution in [-0.4, -0.2) is 23.6 Å². The van der Waals surface area contributed by atoms with Gasteiger partial charge < -0.3 is 10.6 Å². The number of anilines is 1. The van der Waals surface area contributed by atoms with Gasteiger partial charge in [0.15, 0.2) is 0 Å². The van der Waals surface area contributed by atoms with Gasteiger partial charge in [0.25, 0.3) is 0 Å². The largest absolute Gasteiger partial charge is 0.359 e. The molecule has 1 heterocycles. The smallest absolute Gasteiger partial charge is 0.144 e. The molecule has 1 aromatic heterocycles. The third-order valence-corrected chi connectivity index (χ3v) is 3.12. The minimum Gasteiger partial charge on any atom is -0.359 e. The molecule has 0 atom stereocenters. The third kappa shape index (κ3) is 3.76. The fraction of sp³-hybridized carbons (Fsp3) is 0.333. The van der Waals surface area contributed by atoms with Gasteiger partial charge in [0.05, 0.1) is 6.54 Å². The van der Waals surface area contributed by atoms with Crippen LogP contribution in [0, 0.1) is 6.92 Å². The molecule has 2 aromatic rings. The zero-order valence-electron chi connectivity index (χ0n) is 11.5. The molecular formula is C15H20N4. The van der Waals surface area contributed by atoms with E-state index in [1.54, 1.807) is 6.20 Å². The molecule has 0 saturated heterocycles. The second-order valence-corrected chi connectivity index (χ2v) is 4.69. The van der Waals surface area contributed by atoms with E-state index in [1.807, 2.05) is 13.1 Å². The minimum absolute atomic E-state index is 0.375. The highest BCUT2D eigenvalue weighted by molar-refractivity contribution is 5.36. The first-order chi connectivity index (χ1) is 9.19. The van der Waals surface area contributed by atoms with E-state index in [4.69, 9.17) is 5.73 Å². The monoisotopic (exact) mass is 256 g/mol. The fourth-order valence-corrected chi connectivity index (χ4v) is 1.87. The first-order valence-corrected chi connectivity index (χ1v) is 6.47. The van der Waals surface area contributed by atoms with E-state index in [2.05, 4.69) is 46.1 Å². The Morgan fingerprint density at radius 3 is 2.58 bits per heavy atom. The predicted molar refractivity (Wildman–Crippen MR) is 78.1 cm³/mol. The molecule has 0 spiro atoms. The minimum atomic E-state index is 0.375. The van der Waals surface area contributed by atoms with Gasteiger partial charge in [-0.2, -0.15) is 0 Å². The van der Waals surface area contributed by atoms with Crippen LogP contribution in [0.1, 0.15) is 17.0 Å². The SMILES string of the molecule is Cc1ccc(CCN(C)c2ccnc(CN)n2)cc1. The highest BCUT2D eigenvalue weighted by Crippen LogP contribution is 2.10. The molecule has 0 aliphatic heterocycles. The number of aromatic nitrogens is 2. The molecule has 19 heavy (non-hydrogen) atoms. The molecule has 0 radical (unpaired) electrons. The first kappa shape index (κ1) is 13.5. The molecule has 0 saturated carbocycles. The molecule has 0 fully saturated rings. The summed E-state index contributed by atoms with van der Waals surface area (Å²) < 4.78 is 0. The van der Waals surface area contributed by atoms with E-state index in [9.17, 15) is 0 Å². The van der Waals surface area contributed by atoms with Gasteiger partial charge in [-0.05, 0) is 25.0 Å². The van der Waals surface area contributed by atoms with Crippen molar-refractivity contribution in [1.82, 2.24) is 9.97 Å². The molecule has 0 bridgehead atoms. The summed E-state index contributed by atoms with van der Waals surface area (Å²) in [6.45, 7) is 3.40. The molecule has 100 valence electrons. The van der Waals surface area contributed by atoms with E-state index < -0.39 is 0 Å². The Morgan fingerprint density at radius 1 is 1.16 bits per heavy atom. The molecule has 1 aromatic carbocycles. The first-order valence-electron chi connectivity index (χ1n) is 6.47. The van der Waals surface area contributed by atoms with Crippen molar-refractivity contribution in [3.05, 3.63) is 53.5 Å². The van der Waals surface area contributed by atoms with Crippen molar-refractivity contribution in [1.29, 1.82) is 0 Å². The quantitative estimate of drug-likeness (QED) is 0.888. The van der Waals surface area contributed by atoms with Crippen molar-refractivity contribution in [2.24, 2.45) is 5.73 Å². The van der Waals surface area contributed by atoms with E-state index in [1.165, 1.54) is 11.1 Å². The van der Waals surface area contributed by atoms with E-state index in [0.29, 0.717) is 12.4 Å². The Hall–Kier alpha value is -1.94. The van der Waals surface area contributed by atoms with Gasteiger partial charge in [0.1, 0.15) is 11.6 Å². The topological polar surface area (TPSA) is 55.0 Å². The summed E-state index contributed by atoms with van der Waals surface area (Å²) in [5.41, 5.74) is 8.19. The van der Waals surface area contributed by atoms with Crippen LogP contribution < -0.4 is 10.6 Å². The molecule has 0 aliphatic rings. The molecular weight excluding hydrogens is 236 g/mol. The van der Waals surface area contributed by atoms with Crippen LogP contribution in [0.25, 0.3) is 0 Å². The summed E-state index contributed by atoms with van der Waals surface area (Å²) in [7, 11) is 2.04. The summed E-state index contributed by atoms with van der Waals surface area (Å²) in [6.07, 6.45) is 2.76. The highest BCUT2D eigenvalue weighted by atomic mass is 15.2. The Labute approximate surface area is 114 Å². The maximum absolute atomic E-state index is 5.55. The number of likely N-dealkylation sites (N-methyl/N-ethyl adjacent to an activating group) is 1. The standard InChI is InChI=1S/C15H20N4/c1-12-3-5-13(6-4-12)8-10-19(2)15-7-9-17-14(11-16)18-15/h3-7,9H,8,10-11,16H2,1-2H3. The van der Waals surface area contributed by atoms with Gasteiger partial charge in [-0.15, -0.1) is 0 Å². The lowest BCUT2D eigenvalue weighted by Crippen LogP contribution is -2.22. The Kier molecular flexibility index (Phi) is 4.47. The van der Waals surface area contributed by atoms with Gasteiger partial charge in [-0.3, -0.25) is 0 Å². The summed E-state index contributed by atoms with van der Waals surface area (Å²) in [4.78, 5) is 10.6. The molecule has 2 N–H and O–H groups in total. The van der Waals surface area contributed by atoms with E-state index >= 15 is 0 Å². The van der Waals surface area contributed by atoms with Gasteiger partial charge in [0, 0.05) is 19.8 Å². The van der Waals surface area contributed by atoms with Crippen LogP contribution in [0.2, 0.25) is 0 Å². The second-order valence-electron chi connectivity index (χ2n) is 4.69. The van der Waals surface area contributed by atoms with Crippen LogP contribution in [0.3, 0.4) is 0 Å². The number of aryl methyl sites for hydroxylation is 1. The van der Waals surface area contributed by atoms with Crippen molar-refractivity contribution in [2.75, 3.05) is 18.5 Å². The lowest BCUT2D eigenvalue weighted by atomic mass is 10.1. The third-order valence-electron chi connectivity index (χ3n) is 3.12. The van der Waals surface area contributed by atoms with E-state index in [0.717, 1.165) is 18.8 Å². The van der Waals surface area contributed by atoms with Crippen molar-refractivity contribution >= 4 is 5.82 Å².